The molecule has 0 heterocycles. The Kier molecular flexibility index (Phi) is 4.50. The largest absolute Gasteiger partial charge is 0.107 e. The first-order valence-electron chi connectivity index (χ1n) is 7.66. The van der Waals surface area contributed by atoms with Crippen LogP contribution in [0.1, 0.15) is 41.0 Å². The summed E-state index contributed by atoms with van der Waals surface area (Å²) in [5.74, 6) is 1.88. The highest BCUT2D eigenvalue weighted by Gasteiger charge is 2.21. The van der Waals surface area contributed by atoms with Gasteiger partial charge in [0.15, 0.2) is 0 Å². The predicted molar refractivity (Wildman–Crippen MR) is 97.0 cm³/mol. The van der Waals surface area contributed by atoms with Crippen LogP contribution in [0.5, 0.6) is 0 Å². The van der Waals surface area contributed by atoms with Gasteiger partial charge in [-0.25, -0.2) is 0 Å². The van der Waals surface area contributed by atoms with E-state index in [-0.39, 0.29) is 0 Å². The third kappa shape index (κ3) is 3.24. The average Bonchev–Trinajstić information content (AvgIpc) is 2.65. The van der Waals surface area contributed by atoms with E-state index in [1.54, 1.807) is 0 Å². The molecule has 108 valence electrons. The fourth-order valence-corrected chi connectivity index (χ4v) is 3.94. The molecule has 0 radical (unpaired) electrons. The van der Waals surface area contributed by atoms with Crippen molar-refractivity contribution in [2.24, 2.45) is 0 Å². The van der Waals surface area contributed by atoms with E-state index in [2.05, 4.69) is 73.2 Å². The lowest BCUT2D eigenvalue weighted by Crippen LogP contribution is -2.08. The second-order valence-electron chi connectivity index (χ2n) is 5.98. The molecule has 1 heteroatoms. The van der Waals surface area contributed by atoms with Crippen molar-refractivity contribution in [1.29, 1.82) is 0 Å². The molecular formula is C20H23S+. The predicted octanol–water partition coefficient (Wildman–Crippen LogP) is 4.96. The summed E-state index contributed by atoms with van der Waals surface area (Å²) < 4.78 is 0. The molecule has 0 fully saturated rings. The molecular weight excluding hydrogens is 272 g/mol. The van der Waals surface area contributed by atoms with Crippen LogP contribution in [0.3, 0.4) is 0 Å². The Balaban J connectivity index is 1.98. The van der Waals surface area contributed by atoms with Gasteiger partial charge in [-0.1, -0.05) is 60.7 Å². The summed E-state index contributed by atoms with van der Waals surface area (Å²) in [5, 5.41) is 0. The van der Waals surface area contributed by atoms with Crippen LogP contribution in [0.2, 0.25) is 0 Å². The molecule has 0 saturated carbocycles. The second-order valence-corrected chi connectivity index (χ2v) is 8.36. The summed E-state index contributed by atoms with van der Waals surface area (Å²) in [4.78, 5) is 0. The Labute approximate surface area is 131 Å². The second kappa shape index (κ2) is 6.53. The van der Waals surface area contributed by atoms with Crippen molar-refractivity contribution in [3.8, 4) is 0 Å². The number of hydrogen-bond acceptors (Lipinski definition) is 0. The Hall–Kier alpha value is -1.47. The minimum Gasteiger partial charge on any atom is -0.0619 e. The van der Waals surface area contributed by atoms with Crippen LogP contribution in [-0.4, -0.2) is 18.3 Å². The van der Waals surface area contributed by atoms with Gasteiger partial charge in [0.25, 0.3) is 0 Å². The molecule has 3 rings (SSSR count). The van der Waals surface area contributed by atoms with Gasteiger partial charge in [-0.15, -0.1) is 0 Å². The van der Waals surface area contributed by atoms with Gasteiger partial charge in [0.2, 0.25) is 0 Å². The van der Waals surface area contributed by atoms with Crippen molar-refractivity contribution in [1.82, 2.24) is 0 Å². The van der Waals surface area contributed by atoms with Crippen LogP contribution in [0.25, 0.3) is 12.2 Å². The SMILES string of the molecule is C[S+](C)CCCC1c2ccccc2C=Cc2ccccc21. The molecule has 0 spiro atoms. The number of benzene rings is 2. The maximum Gasteiger partial charge on any atom is 0.107 e. The van der Waals surface area contributed by atoms with Crippen LogP contribution >= 0.6 is 0 Å². The van der Waals surface area contributed by atoms with Crippen molar-refractivity contribution < 1.29 is 0 Å². The maximum atomic E-state index is 2.34. The van der Waals surface area contributed by atoms with Crippen LogP contribution in [0.15, 0.2) is 48.5 Å². The first kappa shape index (κ1) is 14.5. The fraction of sp³-hybridized carbons (Fsp3) is 0.300. The highest BCUT2D eigenvalue weighted by Crippen LogP contribution is 2.37. The van der Waals surface area contributed by atoms with Gasteiger partial charge >= 0.3 is 0 Å². The van der Waals surface area contributed by atoms with Crippen LogP contribution in [-0.2, 0) is 10.9 Å². The molecule has 0 saturated heterocycles. The summed E-state index contributed by atoms with van der Waals surface area (Å²) in [7, 11) is 0.545. The van der Waals surface area contributed by atoms with Gasteiger partial charge in [-0.05, 0) is 46.0 Å². The van der Waals surface area contributed by atoms with Gasteiger partial charge in [0, 0.05) is 5.92 Å². The number of fused-ring (bicyclic) bond motifs is 2. The van der Waals surface area contributed by atoms with Crippen molar-refractivity contribution in [2.75, 3.05) is 18.3 Å². The zero-order chi connectivity index (χ0) is 14.7. The zero-order valence-electron chi connectivity index (χ0n) is 12.9. The molecule has 0 aliphatic heterocycles. The summed E-state index contributed by atoms with van der Waals surface area (Å²) >= 11 is 0. The third-order valence-corrected chi connectivity index (χ3v) is 5.34. The van der Waals surface area contributed by atoms with Crippen LogP contribution in [0, 0.1) is 0 Å². The van der Waals surface area contributed by atoms with Crippen molar-refractivity contribution in [3.05, 3.63) is 70.8 Å². The normalized spacial score (nSPS) is 13.9. The average molecular weight is 295 g/mol. The van der Waals surface area contributed by atoms with E-state index >= 15 is 0 Å². The molecule has 0 nitrogen and oxygen atoms in total. The Morgan fingerprint density at radius 2 is 1.33 bits per heavy atom. The lowest BCUT2D eigenvalue weighted by Gasteiger charge is -2.20. The molecule has 1 aliphatic rings. The van der Waals surface area contributed by atoms with Crippen molar-refractivity contribution >= 4 is 23.0 Å². The lowest BCUT2D eigenvalue weighted by atomic mass is 9.85. The van der Waals surface area contributed by atoms with Crippen LogP contribution < -0.4 is 0 Å². The van der Waals surface area contributed by atoms with Gasteiger partial charge < -0.3 is 0 Å². The number of rotatable bonds is 4. The summed E-state index contributed by atoms with van der Waals surface area (Å²) in [6.07, 6.45) is 11.8. The Morgan fingerprint density at radius 1 is 0.810 bits per heavy atom. The molecule has 0 unspecified atom stereocenters. The minimum atomic E-state index is 0.538. The van der Waals surface area contributed by atoms with E-state index in [0.717, 1.165) is 0 Å². The topological polar surface area (TPSA) is 0 Å². The quantitative estimate of drug-likeness (QED) is 0.699. The van der Waals surface area contributed by atoms with Gasteiger partial charge in [-0.3, -0.25) is 0 Å². The molecule has 0 atom stereocenters. The maximum absolute atomic E-state index is 2.34. The molecule has 0 N–H and O–H groups in total. The zero-order valence-corrected chi connectivity index (χ0v) is 13.7. The summed E-state index contributed by atoms with van der Waals surface area (Å²) in [6.45, 7) is 0. The Bertz CT molecular complexity index is 590. The van der Waals surface area contributed by atoms with E-state index in [1.807, 2.05) is 0 Å². The van der Waals surface area contributed by atoms with E-state index < -0.39 is 0 Å². The van der Waals surface area contributed by atoms with E-state index in [0.29, 0.717) is 16.8 Å². The molecule has 2 aromatic carbocycles. The van der Waals surface area contributed by atoms with E-state index in [1.165, 1.54) is 40.8 Å². The summed E-state index contributed by atoms with van der Waals surface area (Å²) in [5.41, 5.74) is 5.74. The molecule has 2 aromatic rings. The molecule has 0 aromatic heterocycles. The Morgan fingerprint density at radius 3 is 1.86 bits per heavy atom. The van der Waals surface area contributed by atoms with Gasteiger partial charge in [-0.2, -0.15) is 0 Å². The standard InChI is InChI=1S/C20H23S/c1-21(2)15-7-12-20-18-10-5-3-8-16(18)13-14-17-9-4-6-11-19(17)20/h3-6,8-11,13-14,20H,7,12,15H2,1-2H3/q+1. The smallest absolute Gasteiger partial charge is 0.0619 e. The third-order valence-electron chi connectivity index (χ3n) is 4.23. The minimum absolute atomic E-state index is 0.538. The highest BCUT2D eigenvalue weighted by molar-refractivity contribution is 7.95. The van der Waals surface area contributed by atoms with Gasteiger partial charge in [0.1, 0.15) is 5.75 Å². The van der Waals surface area contributed by atoms with Gasteiger partial charge in [0.05, 0.1) is 12.5 Å². The van der Waals surface area contributed by atoms with E-state index in [9.17, 15) is 0 Å². The fourth-order valence-electron chi connectivity index (χ4n) is 3.19. The molecule has 21 heavy (non-hydrogen) atoms. The first-order valence-corrected chi connectivity index (χ1v) is 9.87. The lowest BCUT2D eigenvalue weighted by molar-refractivity contribution is 0.701. The van der Waals surface area contributed by atoms with E-state index in [4.69, 9.17) is 0 Å². The highest BCUT2D eigenvalue weighted by atomic mass is 32.2. The molecule has 0 bridgehead atoms. The molecule has 0 amide bonds. The van der Waals surface area contributed by atoms with Crippen molar-refractivity contribution in [3.63, 3.8) is 0 Å². The number of hydrogen-bond donors (Lipinski definition) is 0. The van der Waals surface area contributed by atoms with Crippen LogP contribution in [0.4, 0.5) is 0 Å². The first-order chi connectivity index (χ1) is 10.3. The summed E-state index contributed by atoms with van der Waals surface area (Å²) in [6, 6.07) is 17.8. The monoisotopic (exact) mass is 295 g/mol. The van der Waals surface area contributed by atoms with Crippen molar-refractivity contribution in [2.45, 2.75) is 18.8 Å². The molecule has 1 aliphatic carbocycles.